The molecule has 0 saturated heterocycles. The molecule has 0 spiro atoms. The number of amides is 1. The summed E-state index contributed by atoms with van der Waals surface area (Å²) in [7, 11) is 6.43. The van der Waals surface area contributed by atoms with Gasteiger partial charge in [0.25, 0.3) is 5.91 Å². The van der Waals surface area contributed by atoms with E-state index in [0.29, 0.717) is 27.7 Å². The molecule has 0 saturated carbocycles. The van der Waals surface area contributed by atoms with Crippen molar-refractivity contribution in [1.82, 2.24) is 34.2 Å². The van der Waals surface area contributed by atoms with Crippen molar-refractivity contribution in [2.75, 3.05) is 14.2 Å². The van der Waals surface area contributed by atoms with E-state index in [2.05, 4.69) is 20.4 Å². The highest BCUT2D eigenvalue weighted by atomic mass is 19.1. The third-order valence-electron chi connectivity index (χ3n) is 6.03. The molecule has 0 bridgehead atoms. The van der Waals surface area contributed by atoms with Crippen molar-refractivity contribution < 1.29 is 13.9 Å². The van der Waals surface area contributed by atoms with Gasteiger partial charge in [0, 0.05) is 56.1 Å². The zero-order valence-electron chi connectivity index (χ0n) is 19.8. The van der Waals surface area contributed by atoms with Crippen LogP contribution in [0.2, 0.25) is 0 Å². The van der Waals surface area contributed by atoms with Crippen molar-refractivity contribution in [3.05, 3.63) is 64.3 Å². The monoisotopic (exact) mass is 475 g/mol. The van der Waals surface area contributed by atoms with Crippen LogP contribution in [0.1, 0.15) is 16.1 Å². The summed E-state index contributed by atoms with van der Waals surface area (Å²) in [4.78, 5) is 33.8. The van der Waals surface area contributed by atoms with Crippen LogP contribution < -0.4 is 15.7 Å². The lowest BCUT2D eigenvalue weighted by molar-refractivity contribution is 0.0962. The fourth-order valence-corrected chi connectivity index (χ4v) is 4.33. The van der Waals surface area contributed by atoms with Gasteiger partial charge in [0.05, 0.1) is 41.1 Å². The van der Waals surface area contributed by atoms with Crippen LogP contribution in [-0.4, -0.2) is 48.9 Å². The van der Waals surface area contributed by atoms with Gasteiger partial charge >= 0.3 is 5.69 Å². The van der Waals surface area contributed by atoms with E-state index in [1.165, 1.54) is 22.4 Å². The van der Waals surface area contributed by atoms with Crippen LogP contribution in [0.5, 0.6) is 5.75 Å². The second-order valence-electron chi connectivity index (χ2n) is 8.15. The van der Waals surface area contributed by atoms with Crippen LogP contribution in [-0.2, 0) is 14.1 Å². The van der Waals surface area contributed by atoms with E-state index in [4.69, 9.17) is 4.74 Å². The number of halogens is 1. The van der Waals surface area contributed by atoms with Crippen LogP contribution >= 0.6 is 0 Å². The standard InChI is InChI=1S/C24H22FN7O3/c1-12-16(11-30(3)29-12)14-7-15-18(8-20(14)35-5)27-10-19-21(15)32(24(34)31(19)4)22-17(25)6-13(9-28-22)23(33)26-2/h6-11H,1-5H3,(H,26,33). The number of hydrogen-bond donors (Lipinski definition) is 1. The number of rotatable bonds is 4. The van der Waals surface area contributed by atoms with Gasteiger partial charge in [0.2, 0.25) is 0 Å². The molecular formula is C24H22FN7O3. The number of methoxy groups -OCH3 is 1. The zero-order chi connectivity index (χ0) is 25.0. The summed E-state index contributed by atoms with van der Waals surface area (Å²) >= 11 is 0. The van der Waals surface area contributed by atoms with Crippen molar-refractivity contribution in [2.24, 2.45) is 14.1 Å². The Morgan fingerprint density at radius 2 is 1.89 bits per heavy atom. The van der Waals surface area contributed by atoms with Crippen LogP contribution in [0.3, 0.4) is 0 Å². The van der Waals surface area contributed by atoms with Gasteiger partial charge in [0.1, 0.15) is 5.75 Å². The lowest BCUT2D eigenvalue weighted by atomic mass is 10.0. The molecule has 0 aliphatic heterocycles. The summed E-state index contributed by atoms with van der Waals surface area (Å²) < 4.78 is 25.1. The van der Waals surface area contributed by atoms with Gasteiger partial charge in [0.15, 0.2) is 11.6 Å². The number of imidazole rings is 1. The summed E-state index contributed by atoms with van der Waals surface area (Å²) in [6.45, 7) is 1.89. The van der Waals surface area contributed by atoms with E-state index in [-0.39, 0.29) is 11.4 Å². The summed E-state index contributed by atoms with van der Waals surface area (Å²) in [5, 5.41) is 7.46. The number of ether oxygens (including phenoxy) is 1. The highest BCUT2D eigenvalue weighted by Crippen LogP contribution is 2.37. The lowest BCUT2D eigenvalue weighted by Gasteiger charge is -2.12. The third kappa shape index (κ3) is 3.35. The van der Waals surface area contributed by atoms with Crippen molar-refractivity contribution in [3.8, 4) is 22.7 Å². The number of nitrogens with zero attached hydrogens (tertiary/aromatic N) is 6. The first kappa shape index (κ1) is 22.3. The van der Waals surface area contributed by atoms with Gasteiger partial charge in [-0.15, -0.1) is 0 Å². The number of hydrogen-bond acceptors (Lipinski definition) is 6. The Morgan fingerprint density at radius 1 is 1.11 bits per heavy atom. The number of fused-ring (bicyclic) bond motifs is 3. The van der Waals surface area contributed by atoms with Crippen molar-refractivity contribution >= 4 is 27.8 Å². The minimum Gasteiger partial charge on any atom is -0.496 e. The Hall–Kier alpha value is -4.54. The minimum absolute atomic E-state index is 0.0487. The molecule has 0 unspecified atom stereocenters. The molecule has 178 valence electrons. The predicted molar refractivity (Wildman–Crippen MR) is 128 cm³/mol. The quantitative estimate of drug-likeness (QED) is 0.428. The molecule has 0 radical (unpaired) electrons. The topological polar surface area (TPSA) is 109 Å². The molecule has 1 aromatic carbocycles. The van der Waals surface area contributed by atoms with Crippen LogP contribution in [0, 0.1) is 12.7 Å². The van der Waals surface area contributed by atoms with E-state index in [1.54, 1.807) is 31.1 Å². The smallest absolute Gasteiger partial charge is 0.334 e. The van der Waals surface area contributed by atoms with Gasteiger partial charge in [-0.05, 0) is 19.1 Å². The van der Waals surface area contributed by atoms with Crippen molar-refractivity contribution in [3.63, 3.8) is 0 Å². The van der Waals surface area contributed by atoms with Crippen LogP contribution in [0.25, 0.3) is 38.9 Å². The number of carbonyl (C=O) groups excluding carboxylic acids is 1. The molecule has 11 heteroatoms. The number of benzene rings is 1. The Kier molecular flexibility index (Phi) is 5.12. The average molecular weight is 475 g/mol. The highest BCUT2D eigenvalue weighted by molar-refractivity contribution is 6.05. The first-order chi connectivity index (χ1) is 16.7. The summed E-state index contributed by atoms with van der Waals surface area (Å²) in [6, 6.07) is 4.69. The average Bonchev–Trinajstić information content (AvgIpc) is 3.32. The fourth-order valence-electron chi connectivity index (χ4n) is 4.33. The molecule has 5 rings (SSSR count). The SMILES string of the molecule is CNC(=O)c1cnc(-n2c(=O)n(C)c3cnc4cc(OC)c(-c5cn(C)nc5C)cc4c32)c(F)c1. The highest BCUT2D eigenvalue weighted by Gasteiger charge is 2.22. The molecule has 1 amide bonds. The minimum atomic E-state index is -0.803. The summed E-state index contributed by atoms with van der Waals surface area (Å²) in [5.74, 6) is -0.908. The van der Waals surface area contributed by atoms with E-state index >= 15 is 4.39 Å². The molecule has 0 aliphatic rings. The largest absolute Gasteiger partial charge is 0.496 e. The second kappa shape index (κ2) is 8.05. The molecule has 0 atom stereocenters. The molecular weight excluding hydrogens is 453 g/mol. The van der Waals surface area contributed by atoms with Gasteiger partial charge in [-0.25, -0.2) is 18.7 Å². The van der Waals surface area contributed by atoms with Gasteiger partial charge < -0.3 is 10.1 Å². The molecule has 4 heterocycles. The van der Waals surface area contributed by atoms with E-state index in [0.717, 1.165) is 22.9 Å². The van der Waals surface area contributed by atoms with E-state index in [1.807, 2.05) is 26.2 Å². The molecule has 0 fully saturated rings. The zero-order valence-corrected chi connectivity index (χ0v) is 19.8. The van der Waals surface area contributed by atoms with Gasteiger partial charge in [-0.2, -0.15) is 5.10 Å². The van der Waals surface area contributed by atoms with Gasteiger partial charge in [-0.1, -0.05) is 0 Å². The predicted octanol–water partition coefficient (Wildman–Crippen LogP) is 2.49. The second-order valence-corrected chi connectivity index (χ2v) is 8.15. The van der Waals surface area contributed by atoms with E-state index < -0.39 is 17.4 Å². The maximum atomic E-state index is 15.2. The normalized spacial score (nSPS) is 11.4. The fraction of sp³-hybridized carbons (Fsp3) is 0.208. The number of carbonyl (C=O) groups is 1. The Morgan fingerprint density at radius 3 is 2.51 bits per heavy atom. The molecule has 5 aromatic rings. The van der Waals surface area contributed by atoms with E-state index in [9.17, 15) is 9.59 Å². The van der Waals surface area contributed by atoms with Crippen LogP contribution in [0.15, 0.2) is 41.6 Å². The number of aromatic nitrogens is 6. The molecule has 0 aliphatic carbocycles. The summed E-state index contributed by atoms with van der Waals surface area (Å²) in [6.07, 6.45) is 4.67. The first-order valence-electron chi connectivity index (χ1n) is 10.7. The lowest BCUT2D eigenvalue weighted by Crippen LogP contribution is -2.23. The van der Waals surface area contributed by atoms with Crippen molar-refractivity contribution in [1.29, 1.82) is 0 Å². The number of nitrogens with one attached hydrogen (secondary N) is 1. The van der Waals surface area contributed by atoms with Crippen LogP contribution in [0.4, 0.5) is 4.39 Å². The maximum absolute atomic E-state index is 15.2. The number of pyridine rings is 2. The van der Waals surface area contributed by atoms with Gasteiger partial charge in [-0.3, -0.25) is 19.0 Å². The first-order valence-corrected chi connectivity index (χ1v) is 10.7. The third-order valence-corrected chi connectivity index (χ3v) is 6.03. The molecule has 4 aromatic heterocycles. The number of aryl methyl sites for hydroxylation is 3. The Balaban J connectivity index is 1.87. The Labute approximate surface area is 198 Å². The Bertz CT molecular complexity index is 1710. The molecule has 10 nitrogen and oxygen atoms in total. The molecule has 35 heavy (non-hydrogen) atoms. The summed E-state index contributed by atoms with van der Waals surface area (Å²) in [5.41, 5.74) is 3.45. The maximum Gasteiger partial charge on any atom is 0.334 e. The molecule has 1 N–H and O–H groups in total. The van der Waals surface area contributed by atoms with Crippen molar-refractivity contribution in [2.45, 2.75) is 6.92 Å².